The van der Waals surface area contributed by atoms with Crippen LogP contribution in [-0.4, -0.2) is 6.29 Å². The molecule has 0 fully saturated rings. The summed E-state index contributed by atoms with van der Waals surface area (Å²) in [6.07, 6.45) is 0.859. The van der Waals surface area contributed by atoms with E-state index < -0.39 is 0 Å². The number of carbonyl (C=O) groups excluding carboxylic acids is 1. The van der Waals surface area contributed by atoms with Gasteiger partial charge in [0, 0.05) is 10.6 Å². The number of hydrogen-bond donors (Lipinski definition) is 1. The van der Waals surface area contributed by atoms with Gasteiger partial charge in [0.1, 0.15) is 0 Å². The van der Waals surface area contributed by atoms with E-state index in [2.05, 4.69) is 12.6 Å². The number of aldehydes is 1. The Hall–Kier alpha value is -0.280. The van der Waals surface area contributed by atoms with Crippen molar-refractivity contribution in [2.75, 3.05) is 0 Å². The van der Waals surface area contributed by atoms with Crippen LogP contribution in [0, 0.1) is 0 Å². The molecule has 1 aromatic rings. The summed E-state index contributed by atoms with van der Waals surface area (Å²) in [4.78, 5) is 12.0. The standard InChI is InChI=1S/C6H6OS2/c7-3-5-1-2-6(4-8)9-5/h1-3,8H,4H2. The Balaban J connectivity index is 2.86. The first kappa shape index (κ1) is 6.83. The molecule has 1 heterocycles. The van der Waals surface area contributed by atoms with Gasteiger partial charge in [0.25, 0.3) is 0 Å². The van der Waals surface area contributed by atoms with Gasteiger partial charge in [0.05, 0.1) is 4.88 Å². The molecule has 3 heteroatoms. The first-order valence-electron chi connectivity index (χ1n) is 2.51. The van der Waals surface area contributed by atoms with Gasteiger partial charge in [-0.1, -0.05) is 0 Å². The summed E-state index contributed by atoms with van der Waals surface area (Å²) in [5.74, 6) is 0.721. The van der Waals surface area contributed by atoms with Gasteiger partial charge in [-0.05, 0) is 12.1 Å². The molecule has 0 radical (unpaired) electrons. The molecule has 48 valence electrons. The quantitative estimate of drug-likeness (QED) is 0.514. The van der Waals surface area contributed by atoms with Crippen LogP contribution in [0.25, 0.3) is 0 Å². The van der Waals surface area contributed by atoms with E-state index in [1.807, 2.05) is 12.1 Å². The molecule has 0 unspecified atom stereocenters. The number of hydrogen-bond acceptors (Lipinski definition) is 3. The first-order valence-corrected chi connectivity index (χ1v) is 3.96. The summed E-state index contributed by atoms with van der Waals surface area (Å²) < 4.78 is 0. The third kappa shape index (κ3) is 1.56. The molecule has 0 aliphatic heterocycles. The number of carbonyl (C=O) groups is 1. The zero-order valence-corrected chi connectivity index (χ0v) is 6.41. The highest BCUT2D eigenvalue weighted by Crippen LogP contribution is 2.15. The minimum atomic E-state index is 0.721. The summed E-state index contributed by atoms with van der Waals surface area (Å²) in [6, 6.07) is 3.73. The smallest absolute Gasteiger partial charge is 0.160 e. The third-order valence-corrected chi connectivity index (χ3v) is 2.52. The maximum absolute atomic E-state index is 10.1. The molecule has 0 aromatic carbocycles. The maximum atomic E-state index is 10.1. The van der Waals surface area contributed by atoms with Crippen LogP contribution in [0.3, 0.4) is 0 Å². The topological polar surface area (TPSA) is 17.1 Å². The predicted octanol–water partition coefficient (Wildman–Crippen LogP) is 1.99. The normalized spacial score (nSPS) is 9.44. The lowest BCUT2D eigenvalue weighted by molar-refractivity contribution is 0.112. The summed E-state index contributed by atoms with van der Waals surface area (Å²) in [6.45, 7) is 0. The highest BCUT2D eigenvalue weighted by molar-refractivity contribution is 7.79. The molecule has 0 aliphatic carbocycles. The molecule has 0 amide bonds. The van der Waals surface area contributed by atoms with Crippen LogP contribution in [0.5, 0.6) is 0 Å². The fourth-order valence-corrected chi connectivity index (χ4v) is 1.53. The van der Waals surface area contributed by atoms with Crippen molar-refractivity contribution in [3.05, 3.63) is 21.9 Å². The average Bonchev–Trinajstić information content (AvgIpc) is 2.34. The second kappa shape index (κ2) is 3.03. The van der Waals surface area contributed by atoms with E-state index in [1.165, 1.54) is 11.3 Å². The molecular weight excluding hydrogens is 152 g/mol. The SMILES string of the molecule is O=Cc1ccc(CS)s1. The molecule has 0 aliphatic rings. The van der Waals surface area contributed by atoms with E-state index in [1.54, 1.807) is 0 Å². The molecule has 0 saturated heterocycles. The summed E-state index contributed by atoms with van der Waals surface area (Å²) in [5, 5.41) is 0. The maximum Gasteiger partial charge on any atom is 0.160 e. The van der Waals surface area contributed by atoms with Gasteiger partial charge in [0.2, 0.25) is 0 Å². The molecule has 1 nitrogen and oxygen atoms in total. The summed E-state index contributed by atoms with van der Waals surface area (Å²) >= 11 is 5.55. The largest absolute Gasteiger partial charge is 0.297 e. The van der Waals surface area contributed by atoms with Gasteiger partial charge in [-0.2, -0.15) is 12.6 Å². The minimum absolute atomic E-state index is 0.721. The lowest BCUT2D eigenvalue weighted by Crippen LogP contribution is -1.63. The fourth-order valence-electron chi connectivity index (χ4n) is 0.543. The van der Waals surface area contributed by atoms with E-state index in [9.17, 15) is 4.79 Å². The van der Waals surface area contributed by atoms with Crippen LogP contribution < -0.4 is 0 Å². The number of thiophene rings is 1. The Bertz CT molecular complexity index is 205. The van der Waals surface area contributed by atoms with Crippen LogP contribution in [0.4, 0.5) is 0 Å². The van der Waals surface area contributed by atoms with Crippen molar-refractivity contribution in [2.24, 2.45) is 0 Å². The van der Waals surface area contributed by atoms with Crippen molar-refractivity contribution in [1.82, 2.24) is 0 Å². The molecular formula is C6H6OS2. The molecule has 9 heavy (non-hydrogen) atoms. The highest BCUT2D eigenvalue weighted by atomic mass is 32.1. The zero-order chi connectivity index (χ0) is 6.69. The molecule has 0 bridgehead atoms. The van der Waals surface area contributed by atoms with Crippen molar-refractivity contribution in [2.45, 2.75) is 5.75 Å². The Morgan fingerprint density at radius 1 is 1.67 bits per heavy atom. The molecule has 0 N–H and O–H groups in total. The predicted molar refractivity (Wildman–Crippen MR) is 42.4 cm³/mol. The van der Waals surface area contributed by atoms with E-state index in [0.717, 1.165) is 21.8 Å². The first-order chi connectivity index (χ1) is 4.36. The van der Waals surface area contributed by atoms with E-state index in [0.29, 0.717) is 0 Å². The van der Waals surface area contributed by atoms with Crippen molar-refractivity contribution in [3.8, 4) is 0 Å². The van der Waals surface area contributed by atoms with Crippen LogP contribution in [0.2, 0.25) is 0 Å². The van der Waals surface area contributed by atoms with Gasteiger partial charge >= 0.3 is 0 Å². The third-order valence-electron chi connectivity index (χ3n) is 0.954. The average molecular weight is 158 g/mol. The second-order valence-electron chi connectivity index (χ2n) is 1.58. The van der Waals surface area contributed by atoms with Crippen molar-refractivity contribution in [1.29, 1.82) is 0 Å². The van der Waals surface area contributed by atoms with Gasteiger partial charge in [-0.15, -0.1) is 11.3 Å². The van der Waals surface area contributed by atoms with Gasteiger partial charge < -0.3 is 0 Å². The minimum Gasteiger partial charge on any atom is -0.297 e. The van der Waals surface area contributed by atoms with E-state index >= 15 is 0 Å². The summed E-state index contributed by atoms with van der Waals surface area (Å²) in [5.41, 5.74) is 0. The Morgan fingerprint density at radius 2 is 2.44 bits per heavy atom. The van der Waals surface area contributed by atoms with Crippen LogP contribution in [0.15, 0.2) is 12.1 Å². The second-order valence-corrected chi connectivity index (χ2v) is 3.10. The lowest BCUT2D eigenvalue weighted by Gasteiger charge is -1.79. The molecule has 0 atom stereocenters. The Morgan fingerprint density at radius 3 is 2.78 bits per heavy atom. The monoisotopic (exact) mass is 158 g/mol. The van der Waals surface area contributed by atoms with Gasteiger partial charge in [-0.3, -0.25) is 4.79 Å². The molecule has 0 saturated carbocycles. The van der Waals surface area contributed by atoms with Crippen molar-refractivity contribution in [3.63, 3.8) is 0 Å². The summed E-state index contributed by atoms with van der Waals surface area (Å²) in [7, 11) is 0. The number of thiol groups is 1. The fraction of sp³-hybridized carbons (Fsp3) is 0.167. The van der Waals surface area contributed by atoms with Crippen LogP contribution in [0.1, 0.15) is 14.5 Å². The van der Waals surface area contributed by atoms with Crippen LogP contribution >= 0.6 is 24.0 Å². The highest BCUT2D eigenvalue weighted by Gasteiger charge is 1.94. The van der Waals surface area contributed by atoms with Crippen molar-refractivity contribution < 1.29 is 4.79 Å². The van der Waals surface area contributed by atoms with E-state index in [-0.39, 0.29) is 0 Å². The Kier molecular flexibility index (Phi) is 2.30. The van der Waals surface area contributed by atoms with E-state index in [4.69, 9.17) is 0 Å². The van der Waals surface area contributed by atoms with Gasteiger partial charge in [-0.25, -0.2) is 0 Å². The van der Waals surface area contributed by atoms with Crippen molar-refractivity contribution >= 4 is 30.3 Å². The van der Waals surface area contributed by atoms with Crippen LogP contribution in [-0.2, 0) is 5.75 Å². The Labute approximate surface area is 63.1 Å². The molecule has 1 rings (SSSR count). The number of rotatable bonds is 2. The molecule has 1 aromatic heterocycles. The molecule has 0 spiro atoms. The van der Waals surface area contributed by atoms with Gasteiger partial charge in [0.15, 0.2) is 6.29 Å². The zero-order valence-electron chi connectivity index (χ0n) is 4.70. The lowest BCUT2D eigenvalue weighted by atomic mass is 10.4.